The number of benzene rings is 2. The van der Waals surface area contributed by atoms with Crippen molar-refractivity contribution in [1.82, 2.24) is 4.98 Å². The number of aromatic nitrogens is 1. The molecule has 0 bridgehead atoms. The Hall–Kier alpha value is -2.73. The zero-order valence-electron chi connectivity index (χ0n) is 16.2. The summed E-state index contributed by atoms with van der Waals surface area (Å²) in [6.45, 7) is 6.21. The van der Waals surface area contributed by atoms with Crippen LogP contribution in [0.4, 0.5) is 0 Å². The molecular weight excluding hydrogens is 374 g/mol. The van der Waals surface area contributed by atoms with Gasteiger partial charge in [-0.25, -0.2) is 9.78 Å². The molecule has 0 saturated heterocycles. The summed E-state index contributed by atoms with van der Waals surface area (Å²) in [6, 6.07) is 12.7. The Labute approximate surface area is 168 Å². The molecule has 0 saturated carbocycles. The van der Waals surface area contributed by atoms with E-state index in [1.807, 2.05) is 38.1 Å². The summed E-state index contributed by atoms with van der Waals surface area (Å²) >= 11 is 1.37. The van der Waals surface area contributed by atoms with Crippen LogP contribution in [0.25, 0.3) is 10.2 Å². The fourth-order valence-electron chi connectivity index (χ4n) is 2.82. The summed E-state index contributed by atoms with van der Waals surface area (Å²) in [4.78, 5) is 28.3. The molecule has 0 atom stereocenters. The van der Waals surface area contributed by atoms with E-state index in [4.69, 9.17) is 9.47 Å². The van der Waals surface area contributed by atoms with E-state index in [2.05, 4.69) is 4.98 Å². The van der Waals surface area contributed by atoms with E-state index in [1.54, 1.807) is 25.1 Å². The highest BCUT2D eigenvalue weighted by Crippen LogP contribution is 2.32. The van der Waals surface area contributed by atoms with Crippen LogP contribution in [0.1, 0.15) is 43.1 Å². The lowest BCUT2D eigenvalue weighted by Gasteiger charge is -2.05. The normalized spacial score (nSPS) is 11.0. The van der Waals surface area contributed by atoms with Crippen LogP contribution in [0, 0.1) is 5.92 Å². The average Bonchev–Trinajstić information content (AvgIpc) is 3.04. The average molecular weight is 397 g/mol. The number of fused-ring (bicyclic) bond motifs is 1. The standard InChI is InChI=1S/C22H23NO4S/c1-4-26-21(25)16-7-10-19-20(13-16)28-22(23-19)27-18-8-5-15(6-9-18)12-17(24)11-14(2)3/h5-10,13-14H,4,11-12H2,1-3H3. The van der Waals surface area contributed by atoms with Crippen molar-refractivity contribution in [1.29, 1.82) is 0 Å². The van der Waals surface area contributed by atoms with E-state index in [0.717, 1.165) is 15.8 Å². The third kappa shape index (κ3) is 5.16. The molecule has 6 heteroatoms. The Morgan fingerprint density at radius 1 is 1.11 bits per heavy atom. The molecule has 0 aliphatic heterocycles. The van der Waals surface area contributed by atoms with Crippen molar-refractivity contribution in [3.8, 4) is 10.9 Å². The first-order chi connectivity index (χ1) is 13.4. The zero-order valence-corrected chi connectivity index (χ0v) is 17.0. The molecule has 0 unspecified atom stereocenters. The number of thiazole rings is 1. The van der Waals surface area contributed by atoms with Gasteiger partial charge in [0.05, 0.1) is 22.4 Å². The molecule has 1 aromatic heterocycles. The Morgan fingerprint density at radius 2 is 1.86 bits per heavy atom. The number of rotatable bonds is 8. The lowest BCUT2D eigenvalue weighted by Crippen LogP contribution is -2.06. The fraction of sp³-hybridized carbons (Fsp3) is 0.318. The summed E-state index contributed by atoms with van der Waals surface area (Å²) in [6.07, 6.45) is 1.04. The van der Waals surface area contributed by atoms with Crippen molar-refractivity contribution in [2.75, 3.05) is 6.61 Å². The van der Waals surface area contributed by atoms with Gasteiger partial charge in [-0.05, 0) is 48.7 Å². The monoisotopic (exact) mass is 397 g/mol. The molecule has 0 radical (unpaired) electrons. The lowest BCUT2D eigenvalue weighted by atomic mass is 10.0. The number of ketones is 1. The van der Waals surface area contributed by atoms with Crippen molar-refractivity contribution < 1.29 is 19.1 Å². The number of hydrogen-bond donors (Lipinski definition) is 0. The molecule has 5 nitrogen and oxygen atoms in total. The molecule has 146 valence electrons. The number of carbonyl (C=O) groups excluding carboxylic acids is 2. The Morgan fingerprint density at radius 3 is 2.54 bits per heavy atom. The molecule has 0 amide bonds. The van der Waals surface area contributed by atoms with Crippen LogP contribution in [0.5, 0.6) is 10.9 Å². The van der Waals surface area contributed by atoms with E-state index in [1.165, 1.54) is 11.3 Å². The van der Waals surface area contributed by atoms with Gasteiger partial charge in [-0.15, -0.1) is 0 Å². The van der Waals surface area contributed by atoms with Crippen molar-refractivity contribution in [3.63, 3.8) is 0 Å². The van der Waals surface area contributed by atoms with Crippen molar-refractivity contribution in [2.24, 2.45) is 5.92 Å². The van der Waals surface area contributed by atoms with Crippen LogP contribution in [0.3, 0.4) is 0 Å². The molecular formula is C22H23NO4S. The van der Waals surface area contributed by atoms with Gasteiger partial charge >= 0.3 is 5.97 Å². The molecule has 0 aliphatic rings. The minimum Gasteiger partial charge on any atom is -0.462 e. The smallest absolute Gasteiger partial charge is 0.338 e. The number of esters is 1. The van der Waals surface area contributed by atoms with E-state index in [-0.39, 0.29) is 11.8 Å². The summed E-state index contributed by atoms with van der Waals surface area (Å²) in [5, 5.41) is 0.500. The van der Waals surface area contributed by atoms with E-state index < -0.39 is 0 Å². The van der Waals surface area contributed by atoms with E-state index >= 15 is 0 Å². The second-order valence-electron chi connectivity index (χ2n) is 6.94. The molecule has 3 aromatic rings. The van der Waals surface area contributed by atoms with Crippen LogP contribution < -0.4 is 4.74 Å². The van der Waals surface area contributed by atoms with Gasteiger partial charge in [0.1, 0.15) is 11.5 Å². The highest BCUT2D eigenvalue weighted by molar-refractivity contribution is 7.20. The third-order valence-corrected chi connectivity index (χ3v) is 4.94. The number of Topliss-reactive ketones (excluding diaryl/α,β-unsaturated/α-hetero) is 1. The largest absolute Gasteiger partial charge is 0.462 e. The first-order valence-corrected chi connectivity index (χ1v) is 10.1. The van der Waals surface area contributed by atoms with Gasteiger partial charge in [0, 0.05) is 12.8 Å². The Kier molecular flexibility index (Phi) is 6.41. The van der Waals surface area contributed by atoms with Crippen LogP contribution in [0.15, 0.2) is 42.5 Å². The fourth-order valence-corrected chi connectivity index (χ4v) is 3.69. The van der Waals surface area contributed by atoms with Crippen LogP contribution in [-0.2, 0) is 16.0 Å². The first kappa shape index (κ1) is 20.0. The number of hydrogen-bond acceptors (Lipinski definition) is 6. The maximum Gasteiger partial charge on any atom is 0.338 e. The van der Waals surface area contributed by atoms with Gasteiger partial charge in [-0.1, -0.05) is 37.3 Å². The Balaban J connectivity index is 1.68. The topological polar surface area (TPSA) is 65.5 Å². The molecule has 1 heterocycles. The van der Waals surface area contributed by atoms with E-state index in [9.17, 15) is 9.59 Å². The van der Waals surface area contributed by atoms with Crippen LogP contribution in [-0.4, -0.2) is 23.3 Å². The highest BCUT2D eigenvalue weighted by Gasteiger charge is 2.12. The first-order valence-electron chi connectivity index (χ1n) is 9.30. The molecule has 0 N–H and O–H groups in total. The van der Waals surface area contributed by atoms with Gasteiger partial charge in [-0.2, -0.15) is 0 Å². The Bertz CT molecular complexity index is 976. The predicted octanol–water partition coefficient (Wildman–Crippen LogP) is 5.42. The molecule has 2 aromatic carbocycles. The minimum absolute atomic E-state index is 0.243. The van der Waals surface area contributed by atoms with Crippen LogP contribution in [0.2, 0.25) is 0 Å². The highest BCUT2D eigenvalue weighted by atomic mass is 32.1. The second kappa shape index (κ2) is 8.97. The molecule has 0 aliphatic carbocycles. The third-order valence-electron chi connectivity index (χ3n) is 4.05. The zero-order chi connectivity index (χ0) is 20.1. The summed E-state index contributed by atoms with van der Waals surface area (Å²) in [7, 11) is 0. The second-order valence-corrected chi connectivity index (χ2v) is 7.94. The van der Waals surface area contributed by atoms with E-state index in [0.29, 0.717) is 41.9 Å². The molecule has 0 spiro atoms. The quantitative estimate of drug-likeness (QED) is 0.475. The van der Waals surface area contributed by atoms with Gasteiger partial charge in [0.15, 0.2) is 0 Å². The molecule has 28 heavy (non-hydrogen) atoms. The van der Waals surface area contributed by atoms with Crippen LogP contribution >= 0.6 is 11.3 Å². The van der Waals surface area contributed by atoms with Gasteiger partial charge in [0.2, 0.25) is 0 Å². The number of ether oxygens (including phenoxy) is 2. The maximum atomic E-state index is 11.9. The molecule has 3 rings (SSSR count). The van der Waals surface area contributed by atoms with Gasteiger partial charge in [0.25, 0.3) is 5.19 Å². The lowest BCUT2D eigenvalue weighted by molar-refractivity contribution is -0.119. The van der Waals surface area contributed by atoms with Crippen molar-refractivity contribution in [2.45, 2.75) is 33.6 Å². The number of carbonyl (C=O) groups is 2. The van der Waals surface area contributed by atoms with Crippen molar-refractivity contribution >= 4 is 33.3 Å². The minimum atomic E-state index is -0.345. The molecule has 0 fully saturated rings. The van der Waals surface area contributed by atoms with Crippen molar-refractivity contribution in [3.05, 3.63) is 53.6 Å². The van der Waals surface area contributed by atoms with Gasteiger partial charge < -0.3 is 9.47 Å². The SMILES string of the molecule is CCOC(=O)c1ccc2nc(Oc3ccc(CC(=O)CC(C)C)cc3)sc2c1. The summed E-state index contributed by atoms with van der Waals surface area (Å²) in [5.74, 6) is 0.929. The summed E-state index contributed by atoms with van der Waals surface area (Å²) in [5.41, 5.74) is 2.24. The maximum absolute atomic E-state index is 11.9. The summed E-state index contributed by atoms with van der Waals surface area (Å²) < 4.78 is 11.7. The van der Waals surface area contributed by atoms with Gasteiger partial charge in [-0.3, -0.25) is 4.79 Å². The predicted molar refractivity (Wildman–Crippen MR) is 110 cm³/mol. The number of nitrogens with zero attached hydrogens (tertiary/aromatic N) is 1.